The number of nitrogens with zero attached hydrogens (tertiary/aromatic N) is 1. The third-order valence-corrected chi connectivity index (χ3v) is 4.59. The molecule has 24 heavy (non-hydrogen) atoms. The number of nitrogens with one attached hydrogen (secondary N) is 2. The minimum absolute atomic E-state index is 0.0339. The zero-order valence-electron chi connectivity index (χ0n) is 14.3. The van der Waals surface area contributed by atoms with Crippen LogP contribution in [0.5, 0.6) is 0 Å². The molecule has 0 spiro atoms. The van der Waals surface area contributed by atoms with Gasteiger partial charge in [-0.3, -0.25) is 14.5 Å². The van der Waals surface area contributed by atoms with E-state index < -0.39 is 11.6 Å². The molecule has 0 aromatic heterocycles. The quantitative estimate of drug-likeness (QED) is 0.671. The van der Waals surface area contributed by atoms with Crippen LogP contribution in [0.15, 0.2) is 24.3 Å². The number of carbonyl (C=O) groups is 3. The molecule has 4 amide bonds. The summed E-state index contributed by atoms with van der Waals surface area (Å²) in [6.45, 7) is 6.51. The van der Waals surface area contributed by atoms with E-state index in [1.807, 2.05) is 20.8 Å². The van der Waals surface area contributed by atoms with Crippen LogP contribution in [-0.2, 0) is 11.3 Å². The van der Waals surface area contributed by atoms with Gasteiger partial charge in [0.1, 0.15) is 0 Å². The fourth-order valence-corrected chi connectivity index (χ4v) is 2.32. The molecule has 130 valence electrons. The molecule has 0 bridgehead atoms. The number of urea groups is 1. The second kappa shape index (κ2) is 7.00. The highest BCUT2D eigenvalue weighted by Crippen LogP contribution is 2.16. The summed E-state index contributed by atoms with van der Waals surface area (Å²) in [5.41, 5.74) is 6.60. The molecule has 0 saturated carbocycles. The van der Waals surface area contributed by atoms with Gasteiger partial charge in [-0.25, -0.2) is 4.79 Å². The maximum Gasteiger partial charge on any atom is 0.324 e. The highest BCUT2D eigenvalue weighted by molar-refractivity contribution is 6.01. The Morgan fingerprint density at radius 2 is 1.96 bits per heavy atom. The Morgan fingerprint density at radius 3 is 2.42 bits per heavy atom. The lowest BCUT2D eigenvalue weighted by Gasteiger charge is -2.33. The van der Waals surface area contributed by atoms with Gasteiger partial charge in [0.2, 0.25) is 5.91 Å². The van der Waals surface area contributed by atoms with Crippen molar-refractivity contribution in [3.63, 3.8) is 0 Å². The second-order valence-electron chi connectivity index (χ2n) is 6.57. The first-order valence-corrected chi connectivity index (χ1v) is 7.96. The number of rotatable bonds is 6. The van der Waals surface area contributed by atoms with Gasteiger partial charge < -0.3 is 16.4 Å². The van der Waals surface area contributed by atoms with Gasteiger partial charge in [0, 0.05) is 12.1 Å². The summed E-state index contributed by atoms with van der Waals surface area (Å²) in [7, 11) is 0. The first kappa shape index (κ1) is 17.9. The molecular formula is C17H24N4O3. The van der Waals surface area contributed by atoms with Crippen molar-refractivity contribution in [2.45, 2.75) is 32.9 Å². The minimum Gasteiger partial charge on any atom is -0.345 e. The molecular weight excluding hydrogens is 308 g/mol. The van der Waals surface area contributed by atoms with E-state index in [4.69, 9.17) is 5.73 Å². The molecule has 0 aliphatic carbocycles. The van der Waals surface area contributed by atoms with E-state index in [9.17, 15) is 14.4 Å². The molecule has 1 fully saturated rings. The standard InChI is InChI=1S/C17H24N4O3/c1-11(2)17(3,10-18)20-15(23)13-6-4-12(5-7-13)9-21-14(22)8-19-16(21)24/h4-7,11H,8-10,18H2,1-3H3,(H,19,24)(H,20,23). The van der Waals surface area contributed by atoms with E-state index in [0.29, 0.717) is 12.1 Å². The van der Waals surface area contributed by atoms with Gasteiger partial charge in [0.15, 0.2) is 0 Å². The Bertz CT molecular complexity index is 626. The maximum atomic E-state index is 12.4. The predicted octanol–water partition coefficient (Wildman–Crippen LogP) is 0.842. The minimum atomic E-state index is -0.476. The van der Waals surface area contributed by atoms with Crippen LogP contribution in [0, 0.1) is 5.92 Å². The molecule has 1 aliphatic rings. The summed E-state index contributed by atoms with van der Waals surface area (Å²) < 4.78 is 0. The van der Waals surface area contributed by atoms with Crippen LogP contribution in [0.3, 0.4) is 0 Å². The van der Waals surface area contributed by atoms with Crippen LogP contribution in [-0.4, -0.2) is 41.4 Å². The molecule has 1 unspecified atom stereocenters. The van der Waals surface area contributed by atoms with E-state index in [1.54, 1.807) is 24.3 Å². The summed E-state index contributed by atoms with van der Waals surface area (Å²) in [5, 5.41) is 5.45. The van der Waals surface area contributed by atoms with Crippen LogP contribution in [0.25, 0.3) is 0 Å². The van der Waals surface area contributed by atoms with Gasteiger partial charge in [-0.2, -0.15) is 0 Å². The van der Waals surface area contributed by atoms with E-state index in [1.165, 1.54) is 0 Å². The first-order chi connectivity index (χ1) is 11.3. The first-order valence-electron chi connectivity index (χ1n) is 7.96. The smallest absolute Gasteiger partial charge is 0.324 e. The van der Waals surface area contributed by atoms with Crippen LogP contribution in [0.4, 0.5) is 4.79 Å². The van der Waals surface area contributed by atoms with Crippen molar-refractivity contribution < 1.29 is 14.4 Å². The topological polar surface area (TPSA) is 105 Å². The second-order valence-corrected chi connectivity index (χ2v) is 6.57. The van der Waals surface area contributed by atoms with Gasteiger partial charge in [-0.1, -0.05) is 26.0 Å². The van der Waals surface area contributed by atoms with Crippen molar-refractivity contribution in [1.29, 1.82) is 0 Å². The highest BCUT2D eigenvalue weighted by atomic mass is 16.2. The predicted molar refractivity (Wildman–Crippen MR) is 90.2 cm³/mol. The monoisotopic (exact) mass is 332 g/mol. The number of imide groups is 1. The summed E-state index contributed by atoms with van der Waals surface area (Å²) >= 11 is 0. The number of hydrogen-bond acceptors (Lipinski definition) is 4. The summed E-state index contributed by atoms with van der Waals surface area (Å²) in [6, 6.07) is 6.45. The van der Waals surface area contributed by atoms with E-state index >= 15 is 0 Å². The Kier molecular flexibility index (Phi) is 5.23. The molecule has 1 aromatic rings. The molecule has 4 N–H and O–H groups in total. The van der Waals surface area contributed by atoms with Gasteiger partial charge in [0.05, 0.1) is 18.6 Å². The summed E-state index contributed by atoms with van der Waals surface area (Å²) in [6.07, 6.45) is 0. The summed E-state index contributed by atoms with van der Waals surface area (Å²) in [4.78, 5) is 36.7. The summed E-state index contributed by atoms with van der Waals surface area (Å²) in [5.74, 6) is -0.249. The molecule has 1 aromatic carbocycles. The molecule has 7 nitrogen and oxygen atoms in total. The Balaban J connectivity index is 2.05. The third-order valence-electron chi connectivity index (χ3n) is 4.59. The lowest BCUT2D eigenvalue weighted by molar-refractivity contribution is -0.125. The molecule has 1 atom stereocenters. The lowest BCUT2D eigenvalue weighted by atomic mass is 9.88. The van der Waals surface area contributed by atoms with Crippen molar-refractivity contribution in [2.75, 3.05) is 13.1 Å². The van der Waals surface area contributed by atoms with E-state index in [2.05, 4.69) is 10.6 Å². The fourth-order valence-electron chi connectivity index (χ4n) is 2.32. The average molecular weight is 332 g/mol. The number of hydrogen-bond donors (Lipinski definition) is 3. The van der Waals surface area contributed by atoms with Crippen molar-refractivity contribution in [3.8, 4) is 0 Å². The van der Waals surface area contributed by atoms with Crippen molar-refractivity contribution >= 4 is 17.8 Å². The van der Waals surface area contributed by atoms with Gasteiger partial charge >= 0.3 is 6.03 Å². The Morgan fingerprint density at radius 1 is 1.33 bits per heavy atom. The number of amides is 4. The van der Waals surface area contributed by atoms with Crippen molar-refractivity contribution in [1.82, 2.24) is 15.5 Å². The average Bonchev–Trinajstić information content (AvgIpc) is 2.87. The third kappa shape index (κ3) is 3.73. The molecule has 1 heterocycles. The number of carbonyl (C=O) groups excluding carboxylic acids is 3. The maximum absolute atomic E-state index is 12.4. The van der Waals surface area contributed by atoms with Crippen molar-refractivity contribution in [3.05, 3.63) is 35.4 Å². The van der Waals surface area contributed by atoms with E-state index in [0.717, 1.165) is 10.5 Å². The van der Waals surface area contributed by atoms with Crippen LogP contribution in [0.2, 0.25) is 0 Å². The van der Waals surface area contributed by atoms with Crippen LogP contribution < -0.4 is 16.4 Å². The Labute approximate surface area is 141 Å². The molecule has 0 radical (unpaired) electrons. The number of nitrogens with two attached hydrogens (primary N) is 1. The highest BCUT2D eigenvalue weighted by Gasteiger charge is 2.30. The van der Waals surface area contributed by atoms with Crippen LogP contribution >= 0.6 is 0 Å². The zero-order valence-corrected chi connectivity index (χ0v) is 14.3. The van der Waals surface area contributed by atoms with Gasteiger partial charge in [-0.15, -0.1) is 0 Å². The zero-order chi connectivity index (χ0) is 17.9. The largest absolute Gasteiger partial charge is 0.345 e. The number of benzene rings is 1. The SMILES string of the molecule is CC(C)C(C)(CN)NC(=O)c1ccc(CN2C(=O)CNC2=O)cc1. The molecule has 1 aliphatic heterocycles. The molecule has 1 saturated heterocycles. The molecule has 7 heteroatoms. The van der Waals surface area contributed by atoms with Gasteiger partial charge in [-0.05, 0) is 30.5 Å². The fraction of sp³-hybridized carbons (Fsp3) is 0.471. The normalized spacial score (nSPS) is 17.0. The lowest BCUT2D eigenvalue weighted by Crippen LogP contribution is -2.55. The molecule has 2 rings (SSSR count). The van der Waals surface area contributed by atoms with E-state index in [-0.39, 0.29) is 30.8 Å². The Hall–Kier alpha value is -2.41. The van der Waals surface area contributed by atoms with Crippen LogP contribution in [0.1, 0.15) is 36.7 Å². The van der Waals surface area contributed by atoms with Crippen molar-refractivity contribution in [2.24, 2.45) is 11.7 Å². The van der Waals surface area contributed by atoms with Gasteiger partial charge in [0.25, 0.3) is 5.91 Å².